The Kier molecular flexibility index (Phi) is 5.38. The molecular formula is C24H27N3O2. The Morgan fingerprint density at radius 2 is 1.86 bits per heavy atom. The van der Waals surface area contributed by atoms with E-state index in [4.69, 9.17) is 0 Å². The molecule has 1 N–H and O–H groups in total. The number of rotatable bonds is 4. The molecule has 0 spiro atoms. The summed E-state index contributed by atoms with van der Waals surface area (Å²) in [4.78, 5) is 29.0. The van der Waals surface area contributed by atoms with Gasteiger partial charge in [-0.25, -0.2) is 0 Å². The summed E-state index contributed by atoms with van der Waals surface area (Å²) in [7, 11) is 0. The van der Waals surface area contributed by atoms with Gasteiger partial charge in [-0.3, -0.25) is 9.59 Å². The topological polar surface area (TPSA) is 52.7 Å². The molecular weight excluding hydrogens is 362 g/mol. The average Bonchev–Trinajstić information content (AvgIpc) is 3.22. The smallest absolute Gasteiger partial charge is 0.226 e. The molecule has 5 heteroatoms. The van der Waals surface area contributed by atoms with E-state index in [1.807, 2.05) is 42.5 Å². The molecule has 2 aliphatic heterocycles. The van der Waals surface area contributed by atoms with Crippen molar-refractivity contribution in [3.05, 3.63) is 65.4 Å². The molecule has 5 nitrogen and oxygen atoms in total. The number of amides is 2. The molecule has 2 aromatic carbocycles. The van der Waals surface area contributed by atoms with Gasteiger partial charge in [0.05, 0.1) is 12.5 Å². The summed E-state index contributed by atoms with van der Waals surface area (Å²) in [6.45, 7) is 5.82. The molecule has 0 aromatic heterocycles. The van der Waals surface area contributed by atoms with Crippen LogP contribution in [0.5, 0.6) is 0 Å². The number of hydrogen-bond acceptors (Lipinski definition) is 3. The Labute approximate surface area is 172 Å². The zero-order valence-electron chi connectivity index (χ0n) is 17.0. The highest BCUT2D eigenvalue weighted by Gasteiger charge is 2.28. The van der Waals surface area contributed by atoms with E-state index in [0.717, 1.165) is 29.9 Å². The zero-order chi connectivity index (χ0) is 20.4. The van der Waals surface area contributed by atoms with Crippen LogP contribution in [-0.4, -0.2) is 29.8 Å². The van der Waals surface area contributed by atoms with Crippen LogP contribution in [0.15, 0.2) is 48.7 Å². The van der Waals surface area contributed by atoms with Gasteiger partial charge in [-0.15, -0.1) is 0 Å². The highest BCUT2D eigenvalue weighted by atomic mass is 16.2. The summed E-state index contributed by atoms with van der Waals surface area (Å²) in [5.74, 6) is -0.168. The number of carbonyl (C=O) groups excluding carboxylic acids is 2. The fraction of sp³-hybridized carbons (Fsp3) is 0.333. The van der Waals surface area contributed by atoms with Gasteiger partial charge in [-0.05, 0) is 60.7 Å². The van der Waals surface area contributed by atoms with Crippen LogP contribution < -0.4 is 10.2 Å². The number of benzene rings is 2. The molecule has 2 aromatic rings. The third-order valence-corrected chi connectivity index (χ3v) is 5.78. The number of hydrogen-bond donors (Lipinski definition) is 1. The maximum Gasteiger partial charge on any atom is 0.226 e. The molecule has 0 radical (unpaired) electrons. The predicted octanol–water partition coefficient (Wildman–Crippen LogP) is 4.50. The Morgan fingerprint density at radius 3 is 2.59 bits per heavy atom. The van der Waals surface area contributed by atoms with E-state index in [2.05, 4.69) is 23.2 Å². The summed E-state index contributed by atoms with van der Waals surface area (Å²) in [6.07, 6.45) is 6.39. The SMILES string of the molecule is CC(=O)N1C=Cc2ccccc2C1CC(=O)Nc1ccc(N2CCCC2)c(C)c1. The summed E-state index contributed by atoms with van der Waals surface area (Å²) < 4.78 is 0. The number of carbonyl (C=O) groups is 2. The Morgan fingerprint density at radius 1 is 1.10 bits per heavy atom. The van der Waals surface area contributed by atoms with Gasteiger partial charge in [0.25, 0.3) is 0 Å². The van der Waals surface area contributed by atoms with Crippen molar-refractivity contribution in [2.24, 2.45) is 0 Å². The van der Waals surface area contributed by atoms with Crippen LogP contribution in [-0.2, 0) is 9.59 Å². The molecule has 0 aliphatic carbocycles. The molecule has 1 fully saturated rings. The van der Waals surface area contributed by atoms with Crippen LogP contribution in [0.2, 0.25) is 0 Å². The molecule has 1 saturated heterocycles. The van der Waals surface area contributed by atoms with Crippen molar-refractivity contribution in [2.45, 2.75) is 39.2 Å². The van der Waals surface area contributed by atoms with E-state index in [0.29, 0.717) is 0 Å². The second kappa shape index (κ2) is 8.11. The van der Waals surface area contributed by atoms with Gasteiger partial charge in [-0.2, -0.15) is 0 Å². The summed E-state index contributed by atoms with van der Waals surface area (Å²) in [6, 6.07) is 13.7. The largest absolute Gasteiger partial charge is 0.371 e. The van der Waals surface area contributed by atoms with E-state index in [1.54, 1.807) is 11.1 Å². The van der Waals surface area contributed by atoms with E-state index >= 15 is 0 Å². The normalized spacial score (nSPS) is 17.9. The molecule has 2 heterocycles. The van der Waals surface area contributed by atoms with E-state index in [1.165, 1.54) is 31.0 Å². The minimum Gasteiger partial charge on any atom is -0.371 e. The highest BCUT2D eigenvalue weighted by molar-refractivity contribution is 5.92. The number of nitrogens with zero attached hydrogens (tertiary/aromatic N) is 2. The maximum atomic E-state index is 12.8. The van der Waals surface area contributed by atoms with Crippen LogP contribution >= 0.6 is 0 Å². The third kappa shape index (κ3) is 4.04. The lowest BCUT2D eigenvalue weighted by Gasteiger charge is -2.32. The number of aryl methyl sites for hydroxylation is 1. The molecule has 150 valence electrons. The van der Waals surface area contributed by atoms with Crippen molar-refractivity contribution in [1.29, 1.82) is 0 Å². The predicted molar refractivity (Wildman–Crippen MR) is 117 cm³/mol. The van der Waals surface area contributed by atoms with Gasteiger partial charge < -0.3 is 15.1 Å². The molecule has 1 atom stereocenters. The lowest BCUT2D eigenvalue weighted by Crippen LogP contribution is -2.33. The number of anilines is 2. The van der Waals surface area contributed by atoms with Crippen LogP contribution in [0.1, 0.15) is 48.9 Å². The molecule has 4 rings (SSSR count). The zero-order valence-corrected chi connectivity index (χ0v) is 17.0. The Bertz CT molecular complexity index is 960. The van der Waals surface area contributed by atoms with Crippen molar-refractivity contribution < 1.29 is 9.59 Å². The molecule has 1 unspecified atom stereocenters. The first-order chi connectivity index (χ1) is 14.0. The quantitative estimate of drug-likeness (QED) is 0.838. The minimum absolute atomic E-state index is 0.0700. The van der Waals surface area contributed by atoms with Crippen LogP contribution in [0.3, 0.4) is 0 Å². The Hall–Kier alpha value is -3.08. The van der Waals surface area contributed by atoms with Crippen molar-refractivity contribution in [3.63, 3.8) is 0 Å². The molecule has 2 amide bonds. The Balaban J connectivity index is 1.49. The van der Waals surface area contributed by atoms with Crippen molar-refractivity contribution in [1.82, 2.24) is 4.90 Å². The number of fused-ring (bicyclic) bond motifs is 1. The second-order valence-electron chi connectivity index (χ2n) is 7.83. The van der Waals surface area contributed by atoms with Gasteiger partial charge in [0.15, 0.2) is 0 Å². The fourth-order valence-corrected chi connectivity index (χ4v) is 4.35. The second-order valence-corrected chi connectivity index (χ2v) is 7.83. The first-order valence-corrected chi connectivity index (χ1v) is 10.2. The van der Waals surface area contributed by atoms with Gasteiger partial charge >= 0.3 is 0 Å². The molecule has 0 saturated carbocycles. The van der Waals surface area contributed by atoms with E-state index in [-0.39, 0.29) is 24.3 Å². The highest BCUT2D eigenvalue weighted by Crippen LogP contribution is 2.33. The third-order valence-electron chi connectivity index (χ3n) is 5.78. The van der Waals surface area contributed by atoms with Crippen molar-refractivity contribution >= 4 is 29.3 Å². The van der Waals surface area contributed by atoms with Crippen LogP contribution in [0.4, 0.5) is 11.4 Å². The van der Waals surface area contributed by atoms with Crippen molar-refractivity contribution in [3.8, 4) is 0 Å². The maximum absolute atomic E-state index is 12.8. The summed E-state index contributed by atoms with van der Waals surface area (Å²) in [5.41, 5.74) is 5.26. The van der Waals surface area contributed by atoms with Gasteiger partial charge in [-0.1, -0.05) is 24.3 Å². The first-order valence-electron chi connectivity index (χ1n) is 10.2. The summed E-state index contributed by atoms with van der Waals surface area (Å²) in [5, 5.41) is 3.02. The lowest BCUT2D eigenvalue weighted by molar-refractivity contribution is -0.129. The van der Waals surface area contributed by atoms with Crippen LogP contribution in [0.25, 0.3) is 6.08 Å². The fourth-order valence-electron chi connectivity index (χ4n) is 4.35. The van der Waals surface area contributed by atoms with Gasteiger partial charge in [0.1, 0.15) is 0 Å². The molecule has 2 aliphatic rings. The average molecular weight is 389 g/mol. The van der Waals surface area contributed by atoms with E-state index in [9.17, 15) is 9.59 Å². The van der Waals surface area contributed by atoms with Crippen molar-refractivity contribution in [2.75, 3.05) is 23.3 Å². The lowest BCUT2D eigenvalue weighted by atomic mass is 9.93. The van der Waals surface area contributed by atoms with Gasteiger partial charge in [0.2, 0.25) is 11.8 Å². The van der Waals surface area contributed by atoms with Gasteiger partial charge in [0, 0.05) is 37.6 Å². The van der Waals surface area contributed by atoms with Crippen LogP contribution in [0, 0.1) is 6.92 Å². The standard InChI is InChI=1S/C24H27N3O2/c1-17-15-20(9-10-22(17)26-12-5-6-13-26)25-24(29)16-23-21-8-4-3-7-19(21)11-14-27(23)18(2)28/h3-4,7-11,14-15,23H,5-6,12-13,16H2,1-2H3,(H,25,29). The monoisotopic (exact) mass is 389 g/mol. The molecule has 29 heavy (non-hydrogen) atoms. The number of nitrogens with one attached hydrogen (secondary N) is 1. The first kappa shape index (κ1) is 19.2. The van der Waals surface area contributed by atoms with E-state index < -0.39 is 0 Å². The molecule has 0 bridgehead atoms. The minimum atomic E-state index is -0.293. The summed E-state index contributed by atoms with van der Waals surface area (Å²) >= 11 is 0.